The second-order valence-electron chi connectivity index (χ2n) is 6.34. The van der Waals surface area contributed by atoms with Crippen LogP contribution in [0.4, 0.5) is 11.4 Å². The van der Waals surface area contributed by atoms with Gasteiger partial charge in [0.1, 0.15) is 11.4 Å². The van der Waals surface area contributed by atoms with Crippen LogP contribution in [0.25, 0.3) is 0 Å². The Labute approximate surface area is 149 Å². The van der Waals surface area contributed by atoms with E-state index >= 15 is 0 Å². The number of hydrogen-bond acceptors (Lipinski definition) is 4. The van der Waals surface area contributed by atoms with E-state index in [0.717, 1.165) is 18.7 Å². The minimum atomic E-state index is -0.217. The second-order valence-corrected chi connectivity index (χ2v) is 6.34. The maximum atomic E-state index is 12.4. The summed E-state index contributed by atoms with van der Waals surface area (Å²) in [6, 6.07) is 11.7. The van der Waals surface area contributed by atoms with E-state index in [1.54, 1.807) is 19.2 Å². The normalized spacial score (nSPS) is 17.2. The van der Waals surface area contributed by atoms with Crippen LogP contribution >= 0.6 is 0 Å². The molecule has 1 unspecified atom stereocenters. The van der Waals surface area contributed by atoms with Gasteiger partial charge in [-0.05, 0) is 49.9 Å². The minimum absolute atomic E-state index is 0.217. The Balaban J connectivity index is 1.69. The van der Waals surface area contributed by atoms with Crippen molar-refractivity contribution in [3.63, 3.8) is 0 Å². The molecule has 25 heavy (non-hydrogen) atoms. The van der Waals surface area contributed by atoms with Gasteiger partial charge in [0.05, 0.1) is 19.0 Å². The molecule has 0 radical (unpaired) electrons. The summed E-state index contributed by atoms with van der Waals surface area (Å²) in [5, 5.41) is 2.86. The van der Waals surface area contributed by atoms with Crippen LogP contribution in [0.5, 0.6) is 5.75 Å². The van der Waals surface area contributed by atoms with Crippen molar-refractivity contribution in [2.24, 2.45) is 0 Å². The molecule has 132 valence electrons. The molecule has 0 bridgehead atoms. The number of rotatable bonds is 5. The first kappa shape index (κ1) is 17.3. The van der Waals surface area contributed by atoms with E-state index in [4.69, 9.17) is 4.74 Å². The number of amides is 1. The smallest absolute Gasteiger partial charge is 0.274 e. The fourth-order valence-corrected chi connectivity index (χ4v) is 3.35. The summed E-state index contributed by atoms with van der Waals surface area (Å²) in [5.41, 5.74) is 2.21. The predicted molar refractivity (Wildman–Crippen MR) is 100 cm³/mol. The lowest BCUT2D eigenvalue weighted by molar-refractivity contribution is 0.102. The van der Waals surface area contributed by atoms with Crippen LogP contribution in [0.1, 0.15) is 43.1 Å². The third-order valence-corrected chi connectivity index (χ3v) is 4.74. The Morgan fingerprint density at radius 2 is 2.20 bits per heavy atom. The van der Waals surface area contributed by atoms with Crippen LogP contribution in [0.2, 0.25) is 0 Å². The number of carbonyl (C=O) groups excluding carboxylic acids is 1. The highest BCUT2D eigenvalue weighted by Gasteiger charge is 2.21. The maximum absolute atomic E-state index is 12.4. The quantitative estimate of drug-likeness (QED) is 0.890. The van der Waals surface area contributed by atoms with Gasteiger partial charge in [0, 0.05) is 24.3 Å². The van der Waals surface area contributed by atoms with Gasteiger partial charge in [-0.1, -0.05) is 13.0 Å². The Hall–Kier alpha value is -2.56. The summed E-state index contributed by atoms with van der Waals surface area (Å²) in [6.07, 6.45) is 6.69. The number of anilines is 2. The van der Waals surface area contributed by atoms with Crippen molar-refractivity contribution < 1.29 is 9.53 Å². The van der Waals surface area contributed by atoms with Gasteiger partial charge in [0.2, 0.25) is 0 Å². The molecule has 2 aromatic rings. The lowest BCUT2D eigenvalue weighted by Crippen LogP contribution is -2.39. The maximum Gasteiger partial charge on any atom is 0.274 e. The van der Waals surface area contributed by atoms with Crippen LogP contribution < -0.4 is 15.0 Å². The standard InChI is InChI=1S/C20H25N3O2/c1-3-16-8-4-5-12-23(16)17-10-11-19(21-14-17)20(24)22-15-7-6-9-18(13-15)25-2/h6-7,9-11,13-14,16H,3-5,8,12H2,1-2H3,(H,22,24). The number of piperidine rings is 1. The molecule has 2 heterocycles. The lowest BCUT2D eigenvalue weighted by Gasteiger charge is -2.37. The molecule has 5 heteroatoms. The van der Waals surface area contributed by atoms with Gasteiger partial charge in [-0.3, -0.25) is 4.79 Å². The average Bonchev–Trinajstić information content (AvgIpc) is 2.68. The molecule has 1 fully saturated rings. The van der Waals surface area contributed by atoms with Crippen LogP contribution in [0.3, 0.4) is 0 Å². The highest BCUT2D eigenvalue weighted by atomic mass is 16.5. The van der Waals surface area contributed by atoms with Crippen molar-refractivity contribution in [3.05, 3.63) is 48.3 Å². The van der Waals surface area contributed by atoms with E-state index in [2.05, 4.69) is 22.1 Å². The molecule has 1 atom stereocenters. The average molecular weight is 339 g/mol. The van der Waals surface area contributed by atoms with Crippen LogP contribution in [0, 0.1) is 0 Å². The first-order chi connectivity index (χ1) is 12.2. The molecular weight excluding hydrogens is 314 g/mol. The first-order valence-electron chi connectivity index (χ1n) is 8.89. The third-order valence-electron chi connectivity index (χ3n) is 4.74. The molecule has 1 N–H and O–H groups in total. The van der Waals surface area contributed by atoms with E-state index in [-0.39, 0.29) is 5.91 Å². The van der Waals surface area contributed by atoms with Gasteiger partial charge in [0.25, 0.3) is 5.91 Å². The number of aromatic nitrogens is 1. The second kappa shape index (κ2) is 8.01. The van der Waals surface area contributed by atoms with Gasteiger partial charge in [0.15, 0.2) is 0 Å². The Bertz CT molecular complexity index is 715. The fraction of sp³-hybridized carbons (Fsp3) is 0.400. The van der Waals surface area contributed by atoms with Crippen molar-refractivity contribution in [1.82, 2.24) is 4.98 Å². The Morgan fingerprint density at radius 3 is 2.92 bits per heavy atom. The highest BCUT2D eigenvalue weighted by Crippen LogP contribution is 2.26. The number of ether oxygens (including phenoxy) is 1. The molecule has 1 aromatic carbocycles. The molecular formula is C20H25N3O2. The number of benzene rings is 1. The van der Waals surface area contributed by atoms with E-state index in [0.29, 0.717) is 23.2 Å². The van der Waals surface area contributed by atoms with Crippen molar-refractivity contribution in [2.75, 3.05) is 23.9 Å². The number of carbonyl (C=O) groups is 1. The molecule has 1 amide bonds. The number of hydrogen-bond donors (Lipinski definition) is 1. The van der Waals surface area contributed by atoms with Crippen LogP contribution in [-0.2, 0) is 0 Å². The van der Waals surface area contributed by atoms with Gasteiger partial charge >= 0.3 is 0 Å². The molecule has 1 aliphatic heterocycles. The summed E-state index contributed by atoms with van der Waals surface area (Å²) >= 11 is 0. The van der Waals surface area contributed by atoms with Crippen LogP contribution in [0.15, 0.2) is 42.6 Å². The van der Waals surface area contributed by atoms with Crippen molar-refractivity contribution in [1.29, 1.82) is 0 Å². The zero-order valence-electron chi connectivity index (χ0n) is 14.9. The van der Waals surface area contributed by atoms with Crippen molar-refractivity contribution in [3.8, 4) is 5.75 Å². The molecule has 1 aliphatic rings. The summed E-state index contributed by atoms with van der Waals surface area (Å²) in [7, 11) is 1.60. The number of methoxy groups -OCH3 is 1. The number of nitrogens with zero attached hydrogens (tertiary/aromatic N) is 2. The molecule has 1 saturated heterocycles. The first-order valence-corrected chi connectivity index (χ1v) is 8.89. The molecule has 0 aliphatic carbocycles. The minimum Gasteiger partial charge on any atom is -0.497 e. The highest BCUT2D eigenvalue weighted by molar-refractivity contribution is 6.03. The number of nitrogens with one attached hydrogen (secondary N) is 1. The van der Waals surface area contributed by atoms with Gasteiger partial charge < -0.3 is 15.0 Å². The summed E-state index contributed by atoms with van der Waals surface area (Å²) in [5.74, 6) is 0.488. The zero-order valence-corrected chi connectivity index (χ0v) is 14.9. The zero-order chi connectivity index (χ0) is 17.6. The molecule has 1 aromatic heterocycles. The van der Waals surface area contributed by atoms with Gasteiger partial charge in [-0.15, -0.1) is 0 Å². The SMILES string of the molecule is CCC1CCCCN1c1ccc(C(=O)Nc2cccc(OC)c2)nc1. The summed E-state index contributed by atoms with van der Waals surface area (Å²) in [4.78, 5) is 19.2. The third kappa shape index (κ3) is 4.10. The van der Waals surface area contributed by atoms with E-state index < -0.39 is 0 Å². The fourth-order valence-electron chi connectivity index (χ4n) is 3.35. The van der Waals surface area contributed by atoms with Gasteiger partial charge in [-0.25, -0.2) is 4.98 Å². The summed E-state index contributed by atoms with van der Waals surface area (Å²) < 4.78 is 5.17. The van der Waals surface area contributed by atoms with Gasteiger partial charge in [-0.2, -0.15) is 0 Å². The Morgan fingerprint density at radius 1 is 1.32 bits per heavy atom. The predicted octanol–water partition coefficient (Wildman–Crippen LogP) is 4.11. The summed E-state index contributed by atoms with van der Waals surface area (Å²) in [6.45, 7) is 3.29. The monoisotopic (exact) mass is 339 g/mol. The largest absolute Gasteiger partial charge is 0.497 e. The molecule has 0 spiro atoms. The van der Waals surface area contributed by atoms with Crippen molar-refractivity contribution >= 4 is 17.3 Å². The number of pyridine rings is 1. The van der Waals surface area contributed by atoms with Crippen LogP contribution in [-0.4, -0.2) is 30.6 Å². The van der Waals surface area contributed by atoms with Crippen molar-refractivity contribution in [2.45, 2.75) is 38.6 Å². The Kier molecular flexibility index (Phi) is 5.53. The topological polar surface area (TPSA) is 54.5 Å². The van der Waals surface area contributed by atoms with E-state index in [1.165, 1.54) is 19.3 Å². The van der Waals surface area contributed by atoms with E-state index in [1.807, 2.05) is 30.5 Å². The lowest BCUT2D eigenvalue weighted by atomic mass is 9.99. The van der Waals surface area contributed by atoms with E-state index in [9.17, 15) is 4.79 Å². The molecule has 3 rings (SSSR count). The molecule has 0 saturated carbocycles. The molecule has 5 nitrogen and oxygen atoms in total.